The maximum Gasteiger partial charge on any atom is 0.416 e. The van der Waals surface area contributed by atoms with Gasteiger partial charge in [0.25, 0.3) is 5.91 Å². The molecule has 0 saturated carbocycles. The molecule has 1 aromatic rings. The summed E-state index contributed by atoms with van der Waals surface area (Å²) in [6.07, 6.45) is -0.229. The Morgan fingerprint density at radius 2 is 1.91 bits per heavy atom. The zero-order chi connectivity index (χ0) is 16.9. The van der Waals surface area contributed by atoms with E-state index in [0.29, 0.717) is 5.56 Å². The van der Waals surface area contributed by atoms with Crippen molar-refractivity contribution in [2.75, 3.05) is 0 Å². The largest absolute Gasteiger partial charge is 0.416 e. The van der Waals surface area contributed by atoms with Crippen molar-refractivity contribution in [1.29, 1.82) is 0 Å². The number of nitrogens with two attached hydrogens (primary N) is 2. The first-order valence-corrected chi connectivity index (χ1v) is 6.66. The average molecular weight is 313 g/mol. The second-order valence-corrected chi connectivity index (χ2v) is 4.75. The van der Waals surface area contributed by atoms with E-state index < -0.39 is 23.6 Å². The molecule has 0 spiro atoms. The number of aryl methyl sites for hydroxylation is 1. The Balaban J connectivity index is 3.38. The van der Waals surface area contributed by atoms with Crippen LogP contribution in [0.25, 0.3) is 0 Å². The molecule has 0 radical (unpaired) electrons. The Morgan fingerprint density at radius 3 is 2.41 bits per heavy atom. The summed E-state index contributed by atoms with van der Waals surface area (Å²) in [5.41, 5.74) is 9.66. The molecule has 4 N–H and O–H groups in total. The maximum atomic E-state index is 13.2. The molecule has 0 atom stereocenters. The van der Waals surface area contributed by atoms with Crippen LogP contribution in [0.1, 0.15) is 40.4 Å². The predicted molar refractivity (Wildman–Crippen MR) is 79.5 cm³/mol. The van der Waals surface area contributed by atoms with Crippen LogP contribution in [-0.4, -0.2) is 11.9 Å². The summed E-state index contributed by atoms with van der Waals surface area (Å²) in [5.74, 6) is -1.38. The van der Waals surface area contributed by atoms with Crippen LogP contribution >= 0.6 is 0 Å². The number of alkyl halides is 3. The smallest absolute Gasteiger partial charge is 0.370 e. The Hall–Kier alpha value is -2.31. The molecule has 0 saturated heterocycles. The molecule has 7 heteroatoms. The number of nitrogens with zero attached hydrogens (tertiary/aromatic N) is 1. The van der Waals surface area contributed by atoms with Gasteiger partial charge in [-0.1, -0.05) is 25.1 Å². The molecule has 22 heavy (non-hydrogen) atoms. The van der Waals surface area contributed by atoms with Gasteiger partial charge in [0.2, 0.25) is 0 Å². The third-order valence-electron chi connectivity index (χ3n) is 2.96. The van der Waals surface area contributed by atoms with Crippen molar-refractivity contribution < 1.29 is 18.0 Å². The fraction of sp³-hybridized carbons (Fsp3) is 0.333. The first kappa shape index (κ1) is 17.7. The van der Waals surface area contributed by atoms with E-state index in [0.717, 1.165) is 12.5 Å². The molecular weight excluding hydrogens is 295 g/mol. The number of benzene rings is 1. The lowest BCUT2D eigenvalue weighted by molar-refractivity contribution is -0.138. The molecule has 0 bridgehead atoms. The zero-order valence-corrected chi connectivity index (χ0v) is 12.4. The second-order valence-electron chi connectivity index (χ2n) is 4.75. The molecule has 4 nitrogen and oxygen atoms in total. The molecule has 0 heterocycles. The predicted octanol–water partition coefficient (Wildman–Crippen LogP) is 2.94. The van der Waals surface area contributed by atoms with Gasteiger partial charge in [0, 0.05) is 5.56 Å². The molecule has 0 aliphatic heterocycles. The van der Waals surface area contributed by atoms with Gasteiger partial charge in [0.1, 0.15) is 0 Å². The summed E-state index contributed by atoms with van der Waals surface area (Å²) in [6.45, 7) is 3.44. The number of hydrogen-bond donors (Lipinski definition) is 2. The number of carbonyl (C=O) groups is 1. The van der Waals surface area contributed by atoms with Crippen molar-refractivity contribution in [3.8, 4) is 0 Å². The van der Waals surface area contributed by atoms with Crippen LogP contribution in [0.2, 0.25) is 0 Å². The van der Waals surface area contributed by atoms with Gasteiger partial charge in [0.15, 0.2) is 5.96 Å². The quantitative estimate of drug-likeness (QED) is 0.509. The van der Waals surface area contributed by atoms with E-state index in [1.54, 1.807) is 19.1 Å². The summed E-state index contributed by atoms with van der Waals surface area (Å²) in [6, 6.07) is 2.15. The molecular formula is C15H18F3N3O. The van der Waals surface area contributed by atoms with Gasteiger partial charge in [-0.15, -0.1) is 0 Å². The van der Waals surface area contributed by atoms with Crippen molar-refractivity contribution in [3.05, 3.63) is 46.5 Å². The number of rotatable bonds is 4. The van der Waals surface area contributed by atoms with Crippen molar-refractivity contribution >= 4 is 11.9 Å². The van der Waals surface area contributed by atoms with Crippen LogP contribution in [-0.2, 0) is 12.6 Å². The summed E-state index contributed by atoms with van der Waals surface area (Å²) >= 11 is 0. The molecule has 1 amide bonds. The van der Waals surface area contributed by atoms with Crippen LogP contribution in [0.4, 0.5) is 13.2 Å². The minimum atomic E-state index is -4.56. The van der Waals surface area contributed by atoms with Crippen LogP contribution in [0.3, 0.4) is 0 Å². The van der Waals surface area contributed by atoms with Gasteiger partial charge in [-0.25, -0.2) is 0 Å². The maximum absolute atomic E-state index is 13.2. The zero-order valence-electron chi connectivity index (χ0n) is 12.4. The number of carbonyl (C=O) groups excluding carboxylic acids is 1. The van der Waals surface area contributed by atoms with Crippen molar-refractivity contribution in [2.45, 2.75) is 32.9 Å². The highest BCUT2D eigenvalue weighted by Gasteiger charge is 2.34. The number of halogens is 3. The number of allylic oxidation sites excluding steroid dienone is 2. The van der Waals surface area contributed by atoms with E-state index in [4.69, 9.17) is 11.5 Å². The number of hydrogen-bond acceptors (Lipinski definition) is 1. The monoisotopic (exact) mass is 313 g/mol. The Kier molecular flexibility index (Phi) is 5.73. The first-order chi connectivity index (χ1) is 10.2. The highest BCUT2D eigenvalue weighted by atomic mass is 19.4. The van der Waals surface area contributed by atoms with Crippen LogP contribution in [0.5, 0.6) is 0 Å². The highest BCUT2D eigenvalue weighted by molar-refractivity contribution is 6.03. The van der Waals surface area contributed by atoms with Crippen LogP contribution in [0.15, 0.2) is 29.3 Å². The Bertz CT molecular complexity index is 615. The van der Waals surface area contributed by atoms with E-state index in [1.165, 1.54) is 6.07 Å². The van der Waals surface area contributed by atoms with Gasteiger partial charge in [0.05, 0.1) is 5.56 Å². The fourth-order valence-corrected chi connectivity index (χ4v) is 1.99. The lowest BCUT2D eigenvalue weighted by Crippen LogP contribution is -2.24. The standard InChI is InChI=1S/C15H18F3N3O/c1-3-4-5-6-10-7-9(2)11(13(22)21-14(19)20)8-12(10)15(16,17)18/h4-5,7-8H,3,6H2,1-2H3,(H4,19,20,21,22)/b5-4+. The average Bonchev–Trinajstić information content (AvgIpc) is 2.36. The van der Waals surface area contributed by atoms with E-state index in [-0.39, 0.29) is 17.5 Å². The van der Waals surface area contributed by atoms with Gasteiger partial charge in [-0.05, 0) is 37.0 Å². The molecule has 0 aliphatic rings. The second kappa shape index (κ2) is 7.11. The van der Waals surface area contributed by atoms with Crippen LogP contribution < -0.4 is 11.5 Å². The molecule has 1 rings (SSSR count). The fourth-order valence-electron chi connectivity index (χ4n) is 1.99. The molecule has 1 aromatic carbocycles. The minimum absolute atomic E-state index is 0.107. The summed E-state index contributed by atoms with van der Waals surface area (Å²) < 4.78 is 39.5. The summed E-state index contributed by atoms with van der Waals surface area (Å²) in [5, 5.41) is 0. The van der Waals surface area contributed by atoms with Gasteiger partial charge in [-0.2, -0.15) is 18.2 Å². The lowest BCUT2D eigenvalue weighted by atomic mass is 9.96. The number of aliphatic imine (C=N–C) groups is 1. The highest BCUT2D eigenvalue weighted by Crippen LogP contribution is 2.34. The van der Waals surface area contributed by atoms with Crippen molar-refractivity contribution in [2.24, 2.45) is 16.5 Å². The van der Waals surface area contributed by atoms with Crippen molar-refractivity contribution in [1.82, 2.24) is 0 Å². The third-order valence-corrected chi connectivity index (χ3v) is 2.96. The number of amides is 1. The SMILES string of the molecule is CC/C=C/Cc1cc(C)c(C(=O)N=C(N)N)cc1C(F)(F)F. The summed E-state index contributed by atoms with van der Waals surface area (Å²) in [7, 11) is 0. The van der Waals surface area contributed by atoms with E-state index in [2.05, 4.69) is 4.99 Å². The topological polar surface area (TPSA) is 81.5 Å². The number of guanidine groups is 1. The Morgan fingerprint density at radius 1 is 1.27 bits per heavy atom. The molecule has 0 aliphatic carbocycles. The molecule has 0 unspecified atom stereocenters. The first-order valence-electron chi connectivity index (χ1n) is 6.66. The molecule has 0 fully saturated rings. The van der Waals surface area contributed by atoms with Gasteiger partial charge >= 0.3 is 6.18 Å². The van der Waals surface area contributed by atoms with Gasteiger partial charge in [-0.3, -0.25) is 4.79 Å². The summed E-state index contributed by atoms with van der Waals surface area (Å²) in [4.78, 5) is 15.1. The van der Waals surface area contributed by atoms with E-state index in [9.17, 15) is 18.0 Å². The van der Waals surface area contributed by atoms with E-state index >= 15 is 0 Å². The minimum Gasteiger partial charge on any atom is -0.370 e. The van der Waals surface area contributed by atoms with Crippen molar-refractivity contribution in [3.63, 3.8) is 0 Å². The lowest BCUT2D eigenvalue weighted by Gasteiger charge is -2.15. The third kappa shape index (κ3) is 4.61. The van der Waals surface area contributed by atoms with Gasteiger partial charge < -0.3 is 11.5 Å². The van der Waals surface area contributed by atoms with E-state index in [1.807, 2.05) is 6.92 Å². The normalized spacial score (nSPS) is 11.7. The van der Waals surface area contributed by atoms with Crippen LogP contribution in [0, 0.1) is 6.92 Å². The molecule has 120 valence electrons. The molecule has 0 aromatic heterocycles. The Labute approximate surface area is 126 Å².